The fourth-order valence-electron chi connectivity index (χ4n) is 1.77. The van der Waals surface area contributed by atoms with Crippen molar-refractivity contribution < 1.29 is 68.4 Å². The Balaban J connectivity index is 0.000000720. The third-order valence-electron chi connectivity index (χ3n) is 2.42. The molecule has 0 aromatic carbocycles. The molecule has 0 spiro atoms. The molecule has 13 heavy (non-hydrogen) atoms. The van der Waals surface area contributed by atoms with E-state index in [9.17, 15) is 5.11 Å². The minimum Gasteiger partial charge on any atom is -0.546 e. The SMILES string of the molecule is CC[C@H]1OC2C[CH-]O[C@H]2[C@@H]1O.[W].[Y]. The number of fused-ring (bicyclic) bond motifs is 1. The normalized spacial score (nSPS) is 42.0. The summed E-state index contributed by atoms with van der Waals surface area (Å²) in [5, 5.41) is 9.59. The zero-order chi connectivity index (χ0) is 7.84. The van der Waals surface area contributed by atoms with Crippen molar-refractivity contribution in [3.05, 3.63) is 6.61 Å². The number of aliphatic hydroxyl groups is 1. The molecule has 2 fully saturated rings. The summed E-state index contributed by atoms with van der Waals surface area (Å²) < 4.78 is 10.8. The van der Waals surface area contributed by atoms with Gasteiger partial charge in [-0.25, -0.2) is 6.61 Å². The second-order valence-electron chi connectivity index (χ2n) is 3.11. The summed E-state index contributed by atoms with van der Waals surface area (Å²) in [6.45, 7) is 3.74. The van der Waals surface area contributed by atoms with E-state index in [0.29, 0.717) is 0 Å². The van der Waals surface area contributed by atoms with E-state index in [1.807, 2.05) is 6.92 Å². The van der Waals surface area contributed by atoms with Gasteiger partial charge in [0.15, 0.2) is 0 Å². The molecule has 1 unspecified atom stereocenters. The molecule has 0 bridgehead atoms. The molecule has 0 aromatic rings. The van der Waals surface area contributed by atoms with Gasteiger partial charge in [-0.2, -0.15) is 0 Å². The Morgan fingerprint density at radius 2 is 2.23 bits per heavy atom. The van der Waals surface area contributed by atoms with Crippen molar-refractivity contribution in [2.24, 2.45) is 0 Å². The van der Waals surface area contributed by atoms with Gasteiger partial charge in [0.1, 0.15) is 6.10 Å². The minimum atomic E-state index is -0.427. The third kappa shape index (κ3) is 2.83. The second-order valence-corrected chi connectivity index (χ2v) is 3.11. The molecular formula is C8H13O3WY-. The Morgan fingerprint density at radius 1 is 1.54 bits per heavy atom. The molecule has 73 valence electrons. The minimum absolute atomic E-state index is 0. The Bertz CT molecular complexity index is 158. The number of ether oxygens (including phenoxy) is 2. The predicted octanol–water partition coefficient (Wildman–Crippen LogP) is 0.470. The van der Waals surface area contributed by atoms with Crippen molar-refractivity contribution in [2.75, 3.05) is 0 Å². The first-order valence-electron chi connectivity index (χ1n) is 4.13. The molecule has 5 heteroatoms. The quantitative estimate of drug-likeness (QED) is 0.616. The Kier molecular flexibility index (Phi) is 7.11. The van der Waals surface area contributed by atoms with Crippen molar-refractivity contribution in [2.45, 2.75) is 44.2 Å². The zero-order valence-corrected chi connectivity index (χ0v) is 13.3. The van der Waals surface area contributed by atoms with Crippen LogP contribution in [0.1, 0.15) is 19.8 Å². The summed E-state index contributed by atoms with van der Waals surface area (Å²) in [6, 6.07) is 0. The molecule has 0 saturated carbocycles. The summed E-state index contributed by atoms with van der Waals surface area (Å²) >= 11 is 0. The van der Waals surface area contributed by atoms with Gasteiger partial charge in [-0.3, -0.25) is 0 Å². The third-order valence-corrected chi connectivity index (χ3v) is 2.42. The molecule has 1 radical (unpaired) electrons. The molecular weight excluding hydrogens is 417 g/mol. The van der Waals surface area contributed by atoms with Gasteiger partial charge < -0.3 is 14.6 Å². The summed E-state index contributed by atoms with van der Waals surface area (Å²) in [6.07, 6.45) is 1.24. The van der Waals surface area contributed by atoms with Crippen molar-refractivity contribution >= 4 is 0 Å². The maximum atomic E-state index is 9.59. The average molecular weight is 430 g/mol. The van der Waals surface area contributed by atoms with Crippen LogP contribution < -0.4 is 0 Å². The monoisotopic (exact) mass is 430 g/mol. The number of hydrogen-bond acceptors (Lipinski definition) is 3. The van der Waals surface area contributed by atoms with E-state index in [1.165, 1.54) is 0 Å². The van der Waals surface area contributed by atoms with Crippen molar-refractivity contribution in [3.63, 3.8) is 0 Å². The van der Waals surface area contributed by atoms with Gasteiger partial charge in [0.2, 0.25) is 0 Å². The van der Waals surface area contributed by atoms with E-state index in [2.05, 4.69) is 0 Å². The van der Waals surface area contributed by atoms with Crippen LogP contribution in [-0.2, 0) is 63.2 Å². The summed E-state index contributed by atoms with van der Waals surface area (Å²) in [5.74, 6) is 0. The van der Waals surface area contributed by atoms with Crippen LogP contribution in [-0.4, -0.2) is 29.5 Å². The maximum Gasteiger partial charge on any atom is 0.106 e. The van der Waals surface area contributed by atoms with Gasteiger partial charge >= 0.3 is 0 Å². The Morgan fingerprint density at radius 3 is 2.77 bits per heavy atom. The Hall–Kier alpha value is 1.67. The van der Waals surface area contributed by atoms with Gasteiger partial charge in [-0.1, -0.05) is 6.92 Å². The van der Waals surface area contributed by atoms with Crippen molar-refractivity contribution in [3.8, 4) is 0 Å². The molecule has 2 aliphatic rings. The topological polar surface area (TPSA) is 38.7 Å². The molecule has 2 heterocycles. The summed E-state index contributed by atoms with van der Waals surface area (Å²) in [5.41, 5.74) is 0. The van der Waals surface area contributed by atoms with Crippen LogP contribution in [0.5, 0.6) is 0 Å². The van der Waals surface area contributed by atoms with E-state index >= 15 is 0 Å². The van der Waals surface area contributed by atoms with Gasteiger partial charge in [-0.05, 0) is 6.42 Å². The van der Waals surface area contributed by atoms with E-state index < -0.39 is 6.10 Å². The predicted molar refractivity (Wildman–Crippen MR) is 38.7 cm³/mol. The first kappa shape index (κ1) is 14.7. The second kappa shape index (κ2) is 6.30. The van der Waals surface area contributed by atoms with Gasteiger partial charge in [0, 0.05) is 53.8 Å². The zero-order valence-electron chi connectivity index (χ0n) is 7.55. The van der Waals surface area contributed by atoms with Crippen LogP contribution in [0.4, 0.5) is 0 Å². The van der Waals surface area contributed by atoms with Gasteiger partial charge in [0.05, 0.1) is 18.3 Å². The summed E-state index contributed by atoms with van der Waals surface area (Å²) in [4.78, 5) is 0. The molecule has 2 rings (SSSR count). The van der Waals surface area contributed by atoms with Crippen LogP contribution in [0.3, 0.4) is 0 Å². The molecule has 3 nitrogen and oxygen atoms in total. The van der Waals surface area contributed by atoms with Crippen LogP contribution >= 0.6 is 0 Å². The van der Waals surface area contributed by atoms with E-state index in [0.717, 1.165) is 12.8 Å². The molecule has 1 N–H and O–H groups in total. The average Bonchev–Trinajstić information content (AvgIpc) is 2.53. The van der Waals surface area contributed by atoms with Crippen molar-refractivity contribution in [1.82, 2.24) is 0 Å². The smallest absolute Gasteiger partial charge is 0.106 e. The van der Waals surface area contributed by atoms with E-state index in [1.54, 1.807) is 6.61 Å². The van der Waals surface area contributed by atoms with E-state index in [4.69, 9.17) is 9.47 Å². The number of hydrogen-bond donors (Lipinski definition) is 1. The fourth-order valence-corrected chi connectivity index (χ4v) is 1.77. The van der Waals surface area contributed by atoms with Crippen molar-refractivity contribution in [1.29, 1.82) is 0 Å². The Labute approximate surface area is 118 Å². The summed E-state index contributed by atoms with van der Waals surface area (Å²) in [7, 11) is 0. The van der Waals surface area contributed by atoms with E-state index in [-0.39, 0.29) is 72.1 Å². The van der Waals surface area contributed by atoms with Crippen LogP contribution in [0, 0.1) is 6.61 Å². The molecule has 0 amide bonds. The standard InChI is InChI=1S/C8H13O3.W.Y/c1-2-5-7(9)8-6(11-5)3-4-10-8;;/h4-9H,2-3H2,1H3;;/q-1;;/t5-,6?,7-,8-;;/m1../s1. The van der Waals surface area contributed by atoms with Gasteiger partial charge in [0.25, 0.3) is 0 Å². The first-order valence-corrected chi connectivity index (χ1v) is 4.13. The number of rotatable bonds is 1. The molecule has 0 aromatic heterocycles. The molecule has 4 atom stereocenters. The van der Waals surface area contributed by atoms with Crippen LogP contribution in [0.2, 0.25) is 0 Å². The largest absolute Gasteiger partial charge is 0.546 e. The molecule has 2 aliphatic heterocycles. The van der Waals surface area contributed by atoms with Crippen LogP contribution in [0.25, 0.3) is 0 Å². The number of aliphatic hydroxyl groups excluding tert-OH is 1. The van der Waals surface area contributed by atoms with Crippen LogP contribution in [0.15, 0.2) is 0 Å². The van der Waals surface area contributed by atoms with Gasteiger partial charge in [-0.15, -0.1) is 6.42 Å². The first-order chi connectivity index (χ1) is 5.33. The maximum absolute atomic E-state index is 9.59. The fraction of sp³-hybridized carbons (Fsp3) is 0.875. The molecule has 2 saturated heterocycles. The molecule has 0 aliphatic carbocycles.